The highest BCUT2D eigenvalue weighted by Gasteiger charge is 2.16. The molecule has 2 aromatic heterocycles. The zero-order chi connectivity index (χ0) is 14.7. The van der Waals surface area contributed by atoms with Crippen LogP contribution in [0, 0.1) is 12.8 Å². The Hall–Kier alpha value is -1.69. The minimum Gasteiger partial charge on any atom is -0.357 e. The predicted octanol–water partition coefficient (Wildman–Crippen LogP) is 3.19. The van der Waals surface area contributed by atoms with Gasteiger partial charge in [0.2, 0.25) is 5.89 Å². The lowest BCUT2D eigenvalue weighted by atomic mass is 10.1. The largest absolute Gasteiger partial charge is 0.357 e. The molecule has 1 unspecified atom stereocenters. The van der Waals surface area contributed by atoms with Gasteiger partial charge in [0.25, 0.3) is 0 Å². The van der Waals surface area contributed by atoms with Gasteiger partial charge in [-0.1, -0.05) is 30.6 Å². The lowest BCUT2D eigenvalue weighted by molar-refractivity contribution is 0.360. The van der Waals surface area contributed by atoms with Crippen LogP contribution in [0.25, 0.3) is 0 Å². The van der Waals surface area contributed by atoms with Gasteiger partial charge in [0, 0.05) is 6.42 Å². The van der Waals surface area contributed by atoms with E-state index in [4.69, 9.17) is 16.1 Å². The summed E-state index contributed by atoms with van der Waals surface area (Å²) in [5.74, 6) is 2.94. The monoisotopic (exact) mass is 295 g/mol. The molecule has 7 heteroatoms. The Morgan fingerprint density at radius 3 is 2.75 bits per heavy atom. The first-order valence-electron chi connectivity index (χ1n) is 6.54. The Labute approximate surface area is 123 Å². The normalized spacial score (nSPS) is 12.7. The zero-order valence-corrected chi connectivity index (χ0v) is 12.8. The molecule has 0 bridgehead atoms. The van der Waals surface area contributed by atoms with Crippen molar-refractivity contribution in [2.24, 2.45) is 5.92 Å². The van der Waals surface area contributed by atoms with E-state index in [1.807, 2.05) is 6.92 Å². The number of hydrogen-bond acceptors (Lipinski definition) is 6. The summed E-state index contributed by atoms with van der Waals surface area (Å²) in [7, 11) is 0. The van der Waals surface area contributed by atoms with Gasteiger partial charge < -0.3 is 9.84 Å². The number of anilines is 1. The number of aryl methyl sites for hydroxylation is 1. The summed E-state index contributed by atoms with van der Waals surface area (Å²) in [6.45, 7) is 7.95. The summed E-state index contributed by atoms with van der Waals surface area (Å²) in [6, 6.07) is -0.171. The van der Waals surface area contributed by atoms with Crippen molar-refractivity contribution >= 4 is 17.4 Å². The van der Waals surface area contributed by atoms with Crippen molar-refractivity contribution in [2.75, 3.05) is 5.32 Å². The second-order valence-corrected chi connectivity index (χ2v) is 5.53. The molecule has 2 rings (SSSR count). The average Bonchev–Trinajstić information content (AvgIpc) is 2.81. The maximum Gasteiger partial charge on any atom is 0.248 e. The Kier molecular flexibility index (Phi) is 4.54. The maximum atomic E-state index is 6.05. The third-order valence-electron chi connectivity index (χ3n) is 2.66. The van der Waals surface area contributed by atoms with Crippen LogP contribution in [-0.2, 0) is 6.42 Å². The predicted molar refractivity (Wildman–Crippen MR) is 76.7 cm³/mol. The molecule has 0 radical (unpaired) electrons. The molecular weight excluding hydrogens is 278 g/mol. The molecule has 0 amide bonds. The van der Waals surface area contributed by atoms with Crippen LogP contribution >= 0.6 is 11.6 Å². The Morgan fingerprint density at radius 2 is 2.05 bits per heavy atom. The first kappa shape index (κ1) is 14.7. The summed E-state index contributed by atoms with van der Waals surface area (Å²) in [4.78, 5) is 12.6. The third kappa shape index (κ3) is 3.66. The van der Waals surface area contributed by atoms with Gasteiger partial charge in [-0.2, -0.15) is 4.98 Å². The van der Waals surface area contributed by atoms with Gasteiger partial charge >= 0.3 is 0 Å². The number of aromatic nitrogens is 4. The first-order chi connectivity index (χ1) is 9.45. The standard InChI is InChI=1S/C13H18ClN5O/c1-7(2)5-11-18-13(20-19-11)8(3)16-12-10(14)6-15-9(4)17-12/h6-8H,5H2,1-4H3,(H,15,16,17). The van der Waals surface area contributed by atoms with E-state index in [1.165, 1.54) is 0 Å². The molecule has 0 aliphatic carbocycles. The number of hydrogen-bond donors (Lipinski definition) is 1. The highest BCUT2D eigenvalue weighted by Crippen LogP contribution is 2.23. The summed E-state index contributed by atoms with van der Waals surface area (Å²) >= 11 is 6.05. The SMILES string of the molecule is Cc1ncc(Cl)c(NC(C)c2nc(CC(C)C)no2)n1. The van der Waals surface area contributed by atoms with E-state index in [9.17, 15) is 0 Å². The molecule has 0 aliphatic heterocycles. The van der Waals surface area contributed by atoms with Crippen LogP contribution < -0.4 is 5.32 Å². The second-order valence-electron chi connectivity index (χ2n) is 5.13. The van der Waals surface area contributed by atoms with Gasteiger partial charge in [-0.05, 0) is 19.8 Å². The highest BCUT2D eigenvalue weighted by molar-refractivity contribution is 6.32. The van der Waals surface area contributed by atoms with Crippen molar-refractivity contribution in [2.45, 2.75) is 40.2 Å². The maximum absolute atomic E-state index is 6.05. The zero-order valence-electron chi connectivity index (χ0n) is 12.0. The van der Waals surface area contributed by atoms with E-state index >= 15 is 0 Å². The highest BCUT2D eigenvalue weighted by atomic mass is 35.5. The van der Waals surface area contributed by atoms with E-state index < -0.39 is 0 Å². The molecule has 0 aliphatic rings. The van der Waals surface area contributed by atoms with Crippen LogP contribution in [0.15, 0.2) is 10.7 Å². The van der Waals surface area contributed by atoms with Crippen LogP contribution in [-0.4, -0.2) is 20.1 Å². The van der Waals surface area contributed by atoms with Crippen LogP contribution in [0.3, 0.4) is 0 Å². The van der Waals surface area contributed by atoms with Crippen LogP contribution in [0.4, 0.5) is 5.82 Å². The average molecular weight is 296 g/mol. The summed E-state index contributed by atoms with van der Waals surface area (Å²) in [6.07, 6.45) is 2.36. The van der Waals surface area contributed by atoms with E-state index in [2.05, 4.69) is 39.3 Å². The van der Waals surface area contributed by atoms with Gasteiger partial charge in [-0.25, -0.2) is 9.97 Å². The molecular formula is C13H18ClN5O. The van der Waals surface area contributed by atoms with Crippen LogP contribution in [0.1, 0.15) is 44.4 Å². The van der Waals surface area contributed by atoms with Crippen LogP contribution in [0.5, 0.6) is 0 Å². The number of rotatable bonds is 5. The lowest BCUT2D eigenvalue weighted by Gasteiger charge is -2.11. The molecule has 1 N–H and O–H groups in total. The van der Waals surface area contributed by atoms with E-state index in [0.717, 1.165) is 6.42 Å². The number of halogens is 1. The minimum absolute atomic E-state index is 0.171. The molecule has 1 atom stereocenters. The Morgan fingerprint density at radius 1 is 1.30 bits per heavy atom. The van der Waals surface area contributed by atoms with Crippen molar-refractivity contribution in [1.29, 1.82) is 0 Å². The molecule has 0 spiro atoms. The number of nitrogens with one attached hydrogen (secondary N) is 1. The fourth-order valence-corrected chi connectivity index (χ4v) is 1.86. The smallest absolute Gasteiger partial charge is 0.248 e. The molecule has 20 heavy (non-hydrogen) atoms. The van der Waals surface area contributed by atoms with Crippen molar-refractivity contribution in [3.05, 3.63) is 28.8 Å². The summed E-state index contributed by atoms with van der Waals surface area (Å²) in [5, 5.41) is 7.58. The van der Waals surface area contributed by atoms with Gasteiger partial charge in [-0.3, -0.25) is 0 Å². The van der Waals surface area contributed by atoms with E-state index in [-0.39, 0.29) is 6.04 Å². The summed E-state index contributed by atoms with van der Waals surface area (Å²) < 4.78 is 5.26. The topological polar surface area (TPSA) is 76.7 Å². The van der Waals surface area contributed by atoms with E-state index in [1.54, 1.807) is 13.1 Å². The fourth-order valence-electron chi connectivity index (χ4n) is 1.71. The third-order valence-corrected chi connectivity index (χ3v) is 2.94. The molecule has 0 fully saturated rings. The molecule has 0 saturated carbocycles. The minimum atomic E-state index is -0.171. The van der Waals surface area contributed by atoms with Gasteiger partial charge in [0.1, 0.15) is 22.7 Å². The second kappa shape index (κ2) is 6.17. The molecule has 0 aromatic carbocycles. The van der Waals surface area contributed by atoms with Crippen molar-refractivity contribution in [3.8, 4) is 0 Å². The van der Waals surface area contributed by atoms with Crippen molar-refractivity contribution < 1.29 is 4.52 Å². The molecule has 2 heterocycles. The molecule has 2 aromatic rings. The fraction of sp³-hybridized carbons (Fsp3) is 0.538. The van der Waals surface area contributed by atoms with Crippen LogP contribution in [0.2, 0.25) is 5.02 Å². The lowest BCUT2D eigenvalue weighted by Crippen LogP contribution is -2.10. The first-order valence-corrected chi connectivity index (χ1v) is 6.91. The van der Waals surface area contributed by atoms with Gasteiger partial charge in [0.15, 0.2) is 5.82 Å². The molecule has 6 nitrogen and oxygen atoms in total. The van der Waals surface area contributed by atoms with E-state index in [0.29, 0.717) is 34.3 Å². The van der Waals surface area contributed by atoms with Gasteiger partial charge in [0.05, 0.1) is 6.20 Å². The molecule has 0 saturated heterocycles. The number of nitrogens with zero attached hydrogens (tertiary/aromatic N) is 4. The summed E-state index contributed by atoms with van der Waals surface area (Å²) in [5.41, 5.74) is 0. The Bertz CT molecular complexity index is 584. The molecule has 108 valence electrons. The Balaban J connectivity index is 2.09. The van der Waals surface area contributed by atoms with Gasteiger partial charge in [-0.15, -0.1) is 0 Å². The quantitative estimate of drug-likeness (QED) is 0.913. The van der Waals surface area contributed by atoms with Crippen molar-refractivity contribution in [1.82, 2.24) is 20.1 Å². The van der Waals surface area contributed by atoms with Crippen molar-refractivity contribution in [3.63, 3.8) is 0 Å².